The third-order valence-corrected chi connectivity index (χ3v) is 3.29. The molecule has 0 amide bonds. The van der Waals surface area contributed by atoms with Gasteiger partial charge in [0.05, 0.1) is 6.04 Å². The number of hydrogen-bond acceptors (Lipinski definition) is 1. The first kappa shape index (κ1) is 15.2. The fourth-order valence-electron chi connectivity index (χ4n) is 2.26. The molecule has 3 heteroatoms. The van der Waals surface area contributed by atoms with E-state index in [1.807, 2.05) is 0 Å². The lowest BCUT2D eigenvalue weighted by molar-refractivity contribution is -0.704. The van der Waals surface area contributed by atoms with Crippen LogP contribution in [0.5, 0.6) is 0 Å². The lowest BCUT2D eigenvalue weighted by Crippen LogP contribution is -3.00. The molecule has 1 aliphatic heterocycles. The van der Waals surface area contributed by atoms with Crippen LogP contribution in [0, 0.1) is 0 Å². The molecule has 0 unspecified atom stereocenters. The summed E-state index contributed by atoms with van der Waals surface area (Å²) in [7, 11) is 0. The molecular weight excluding hydrogens is 210 g/mol. The van der Waals surface area contributed by atoms with Gasteiger partial charge in [0.25, 0.3) is 0 Å². The standard InChI is InChI=1S/C12H25NO.ClH/c1-2-3-4-5-6-7-11-8-9-12(14)10-13-11;/h11-14H,2-10H2,1H3;1H/t11-,12+;/m1./s1. The predicted octanol–water partition coefficient (Wildman–Crippen LogP) is -1.56. The van der Waals surface area contributed by atoms with E-state index < -0.39 is 0 Å². The molecule has 0 bridgehead atoms. The molecule has 2 nitrogen and oxygen atoms in total. The van der Waals surface area contributed by atoms with Crippen LogP contribution in [0.4, 0.5) is 0 Å². The van der Waals surface area contributed by atoms with Crippen LogP contribution in [0.15, 0.2) is 0 Å². The number of rotatable bonds is 6. The SMILES string of the molecule is CCCCCCC[C@@H]1CC[C@H](O)C[NH2+]1.[Cl-]. The molecule has 0 aliphatic carbocycles. The van der Waals surface area contributed by atoms with Crippen molar-refractivity contribution in [1.29, 1.82) is 0 Å². The number of aliphatic hydroxyl groups is 1. The van der Waals surface area contributed by atoms with Crippen LogP contribution in [0.25, 0.3) is 0 Å². The number of unbranched alkanes of at least 4 members (excludes halogenated alkanes) is 4. The molecule has 1 heterocycles. The van der Waals surface area contributed by atoms with Gasteiger partial charge in [0.1, 0.15) is 12.6 Å². The van der Waals surface area contributed by atoms with Crippen molar-refractivity contribution in [1.82, 2.24) is 0 Å². The Bertz CT molecular complexity index is 136. The van der Waals surface area contributed by atoms with Gasteiger partial charge in [-0.05, 0) is 19.3 Å². The molecule has 0 aromatic carbocycles. The molecule has 0 aromatic heterocycles. The fraction of sp³-hybridized carbons (Fsp3) is 1.00. The van der Waals surface area contributed by atoms with Crippen LogP contribution < -0.4 is 17.7 Å². The Kier molecular flexibility index (Phi) is 9.57. The molecule has 1 saturated heterocycles. The first-order chi connectivity index (χ1) is 6.83. The second-order valence-corrected chi connectivity index (χ2v) is 4.67. The number of hydrogen-bond donors (Lipinski definition) is 2. The molecule has 2 atom stereocenters. The molecule has 0 saturated carbocycles. The number of quaternary nitrogens is 1. The van der Waals surface area contributed by atoms with E-state index >= 15 is 0 Å². The monoisotopic (exact) mass is 235 g/mol. The highest BCUT2D eigenvalue weighted by atomic mass is 35.5. The predicted molar refractivity (Wildman–Crippen MR) is 59.2 cm³/mol. The van der Waals surface area contributed by atoms with Crippen molar-refractivity contribution in [3.63, 3.8) is 0 Å². The maximum atomic E-state index is 9.34. The second-order valence-electron chi connectivity index (χ2n) is 4.67. The zero-order valence-corrected chi connectivity index (χ0v) is 10.7. The Morgan fingerprint density at radius 1 is 1.13 bits per heavy atom. The van der Waals surface area contributed by atoms with Crippen molar-refractivity contribution in [3.05, 3.63) is 0 Å². The van der Waals surface area contributed by atoms with Gasteiger partial charge in [-0.3, -0.25) is 0 Å². The maximum Gasteiger partial charge on any atom is 0.103 e. The van der Waals surface area contributed by atoms with Crippen LogP contribution in [0.2, 0.25) is 0 Å². The molecule has 1 aliphatic rings. The molecule has 15 heavy (non-hydrogen) atoms. The van der Waals surface area contributed by atoms with Crippen molar-refractivity contribution in [2.24, 2.45) is 0 Å². The summed E-state index contributed by atoms with van der Waals surface area (Å²) < 4.78 is 0. The Morgan fingerprint density at radius 2 is 1.87 bits per heavy atom. The molecule has 92 valence electrons. The molecule has 1 rings (SSSR count). The van der Waals surface area contributed by atoms with E-state index in [1.165, 1.54) is 44.9 Å². The summed E-state index contributed by atoms with van der Waals surface area (Å²) >= 11 is 0. The molecule has 1 fully saturated rings. The van der Waals surface area contributed by atoms with Gasteiger partial charge in [-0.25, -0.2) is 0 Å². The Labute approximate surface area is 100 Å². The topological polar surface area (TPSA) is 36.8 Å². The second kappa shape index (κ2) is 9.44. The summed E-state index contributed by atoms with van der Waals surface area (Å²) in [6, 6.07) is 0.806. The van der Waals surface area contributed by atoms with E-state index in [2.05, 4.69) is 12.2 Å². The highest BCUT2D eigenvalue weighted by Gasteiger charge is 2.21. The smallest absolute Gasteiger partial charge is 0.103 e. The highest BCUT2D eigenvalue weighted by molar-refractivity contribution is 4.65. The van der Waals surface area contributed by atoms with E-state index in [0.717, 1.165) is 19.0 Å². The molecule has 3 N–H and O–H groups in total. The quantitative estimate of drug-likeness (QED) is 0.537. The van der Waals surface area contributed by atoms with E-state index in [1.54, 1.807) is 0 Å². The fourth-order valence-corrected chi connectivity index (χ4v) is 2.26. The van der Waals surface area contributed by atoms with Crippen molar-refractivity contribution in [2.45, 2.75) is 70.4 Å². The molecule has 0 radical (unpaired) electrons. The summed E-state index contributed by atoms with van der Waals surface area (Å²) in [5.74, 6) is 0. The number of halogens is 1. The van der Waals surface area contributed by atoms with Gasteiger partial charge in [0.15, 0.2) is 0 Å². The van der Waals surface area contributed by atoms with Crippen LogP contribution >= 0.6 is 0 Å². The summed E-state index contributed by atoms with van der Waals surface area (Å²) in [6.07, 6.45) is 10.5. The van der Waals surface area contributed by atoms with Gasteiger partial charge in [-0.2, -0.15) is 0 Å². The van der Waals surface area contributed by atoms with Gasteiger partial charge in [-0.1, -0.05) is 32.6 Å². The molecule has 0 aromatic rings. The lowest BCUT2D eigenvalue weighted by Gasteiger charge is -2.23. The minimum absolute atomic E-state index is 0. The van der Waals surface area contributed by atoms with Crippen LogP contribution in [0.3, 0.4) is 0 Å². The normalized spacial score (nSPS) is 26.0. The van der Waals surface area contributed by atoms with Gasteiger partial charge >= 0.3 is 0 Å². The van der Waals surface area contributed by atoms with Crippen molar-refractivity contribution < 1.29 is 22.8 Å². The first-order valence-corrected chi connectivity index (χ1v) is 6.34. The first-order valence-electron chi connectivity index (χ1n) is 6.34. The van der Waals surface area contributed by atoms with E-state index in [-0.39, 0.29) is 18.5 Å². The number of nitrogens with two attached hydrogens (primary N) is 1. The van der Waals surface area contributed by atoms with Gasteiger partial charge in [-0.15, -0.1) is 0 Å². The van der Waals surface area contributed by atoms with Crippen LogP contribution in [0.1, 0.15) is 58.3 Å². The number of piperidine rings is 1. The molecular formula is C12H26ClNO. The summed E-state index contributed by atoms with van der Waals surface area (Å²) in [5, 5.41) is 11.7. The van der Waals surface area contributed by atoms with E-state index in [0.29, 0.717) is 0 Å². The highest BCUT2D eigenvalue weighted by Crippen LogP contribution is 2.11. The summed E-state index contributed by atoms with van der Waals surface area (Å²) in [4.78, 5) is 0. The van der Waals surface area contributed by atoms with E-state index in [9.17, 15) is 5.11 Å². The largest absolute Gasteiger partial charge is 1.00 e. The summed E-state index contributed by atoms with van der Waals surface area (Å²) in [6.45, 7) is 3.19. The van der Waals surface area contributed by atoms with Crippen LogP contribution in [-0.4, -0.2) is 23.8 Å². The average molecular weight is 236 g/mol. The van der Waals surface area contributed by atoms with Gasteiger partial charge < -0.3 is 22.8 Å². The summed E-state index contributed by atoms with van der Waals surface area (Å²) in [5.41, 5.74) is 0. The number of aliphatic hydroxyl groups excluding tert-OH is 1. The molecule has 0 spiro atoms. The third kappa shape index (κ3) is 7.15. The zero-order valence-electron chi connectivity index (χ0n) is 9.92. The van der Waals surface area contributed by atoms with Crippen LogP contribution in [-0.2, 0) is 0 Å². The van der Waals surface area contributed by atoms with Crippen molar-refractivity contribution in [2.75, 3.05) is 6.54 Å². The van der Waals surface area contributed by atoms with Gasteiger partial charge in [0.2, 0.25) is 0 Å². The third-order valence-electron chi connectivity index (χ3n) is 3.29. The van der Waals surface area contributed by atoms with Crippen molar-refractivity contribution in [3.8, 4) is 0 Å². The maximum absolute atomic E-state index is 9.34. The average Bonchev–Trinajstić information content (AvgIpc) is 2.21. The lowest BCUT2D eigenvalue weighted by atomic mass is 9.97. The minimum atomic E-state index is -0.0358. The minimum Gasteiger partial charge on any atom is -1.00 e. The van der Waals surface area contributed by atoms with Crippen molar-refractivity contribution >= 4 is 0 Å². The van der Waals surface area contributed by atoms with E-state index in [4.69, 9.17) is 0 Å². The van der Waals surface area contributed by atoms with Gasteiger partial charge in [0, 0.05) is 6.42 Å². The Balaban J connectivity index is 0.00000196. The Hall–Kier alpha value is 0.210. The Morgan fingerprint density at radius 3 is 2.47 bits per heavy atom. The zero-order chi connectivity index (χ0) is 10.2.